The van der Waals surface area contributed by atoms with E-state index in [1.54, 1.807) is 0 Å². The summed E-state index contributed by atoms with van der Waals surface area (Å²) >= 11 is 1.51. The van der Waals surface area contributed by atoms with Crippen LogP contribution in [0, 0.1) is 0 Å². The van der Waals surface area contributed by atoms with Crippen LogP contribution in [0.2, 0.25) is 0 Å². The molecule has 5 heteroatoms. The zero-order valence-electron chi connectivity index (χ0n) is 11.7. The van der Waals surface area contributed by atoms with Gasteiger partial charge in [-0.25, -0.2) is 0 Å². The van der Waals surface area contributed by atoms with Gasteiger partial charge in [0, 0.05) is 11.6 Å². The molecule has 1 aromatic heterocycles. The lowest BCUT2D eigenvalue weighted by Crippen LogP contribution is -2.07. The van der Waals surface area contributed by atoms with Gasteiger partial charge in [-0.2, -0.15) is 0 Å². The average Bonchev–Trinajstić information content (AvgIpc) is 2.94. The van der Waals surface area contributed by atoms with Crippen LogP contribution in [-0.4, -0.2) is 10.8 Å². The molecule has 0 saturated heterocycles. The van der Waals surface area contributed by atoms with E-state index < -0.39 is 10.8 Å². The number of benzene rings is 1. The van der Waals surface area contributed by atoms with Crippen molar-refractivity contribution in [2.24, 2.45) is 5.73 Å². The minimum Gasteiger partial charge on any atom is -0.494 e. The van der Waals surface area contributed by atoms with E-state index in [1.807, 2.05) is 49.6 Å². The van der Waals surface area contributed by atoms with Crippen molar-refractivity contribution in [1.82, 2.24) is 0 Å². The largest absolute Gasteiger partial charge is 0.494 e. The fourth-order valence-corrected chi connectivity index (χ4v) is 4.00. The minimum absolute atomic E-state index is 0.0420. The van der Waals surface area contributed by atoms with E-state index in [0.29, 0.717) is 12.4 Å². The Morgan fingerprint density at radius 2 is 2.20 bits per heavy atom. The Morgan fingerprint density at radius 1 is 1.40 bits per heavy atom. The molecule has 1 heterocycles. The summed E-state index contributed by atoms with van der Waals surface area (Å²) in [5.74, 6) is 1.25. The van der Waals surface area contributed by atoms with E-state index in [2.05, 4.69) is 0 Å². The van der Waals surface area contributed by atoms with Gasteiger partial charge in [-0.3, -0.25) is 4.21 Å². The molecule has 2 unspecified atom stereocenters. The van der Waals surface area contributed by atoms with Crippen LogP contribution in [0.4, 0.5) is 0 Å². The quantitative estimate of drug-likeness (QED) is 0.889. The molecule has 0 amide bonds. The fraction of sp³-hybridized carbons (Fsp3) is 0.333. The highest BCUT2D eigenvalue weighted by Gasteiger charge is 2.12. The summed E-state index contributed by atoms with van der Waals surface area (Å²) in [5, 5.41) is 1.94. The van der Waals surface area contributed by atoms with Gasteiger partial charge in [-0.15, -0.1) is 11.3 Å². The smallest absolute Gasteiger partial charge is 0.123 e. The Hall–Kier alpha value is -1.17. The summed E-state index contributed by atoms with van der Waals surface area (Å²) in [6.45, 7) is 4.48. The first-order chi connectivity index (χ1) is 9.61. The molecule has 2 rings (SSSR count). The van der Waals surface area contributed by atoms with Crippen molar-refractivity contribution in [3.8, 4) is 5.75 Å². The molecule has 0 aliphatic heterocycles. The van der Waals surface area contributed by atoms with E-state index in [9.17, 15) is 4.21 Å². The third kappa shape index (κ3) is 3.69. The van der Waals surface area contributed by atoms with E-state index in [-0.39, 0.29) is 6.04 Å². The van der Waals surface area contributed by atoms with Crippen LogP contribution in [0.15, 0.2) is 39.9 Å². The Labute approximate surface area is 126 Å². The van der Waals surface area contributed by atoms with E-state index in [4.69, 9.17) is 10.5 Å². The van der Waals surface area contributed by atoms with E-state index >= 15 is 0 Å². The van der Waals surface area contributed by atoms with Gasteiger partial charge in [-0.1, -0.05) is 12.1 Å². The summed E-state index contributed by atoms with van der Waals surface area (Å²) in [4.78, 5) is 0. The maximum Gasteiger partial charge on any atom is 0.123 e. The Kier molecular flexibility index (Phi) is 5.34. The monoisotopic (exact) mass is 309 g/mol. The van der Waals surface area contributed by atoms with Gasteiger partial charge in [0.25, 0.3) is 0 Å². The second-order valence-corrected chi connectivity index (χ2v) is 7.14. The number of ether oxygens (including phenoxy) is 1. The lowest BCUT2D eigenvalue weighted by Gasteiger charge is -2.13. The first-order valence-electron chi connectivity index (χ1n) is 6.55. The van der Waals surface area contributed by atoms with Gasteiger partial charge in [0.05, 0.1) is 27.4 Å². The van der Waals surface area contributed by atoms with Crippen molar-refractivity contribution in [2.75, 3.05) is 6.61 Å². The van der Waals surface area contributed by atoms with Gasteiger partial charge in [0.2, 0.25) is 0 Å². The lowest BCUT2D eigenvalue weighted by atomic mass is 10.1. The first kappa shape index (κ1) is 15.2. The van der Waals surface area contributed by atoms with Gasteiger partial charge >= 0.3 is 0 Å². The summed E-state index contributed by atoms with van der Waals surface area (Å²) in [5.41, 5.74) is 7.90. The molecule has 0 aliphatic rings. The van der Waals surface area contributed by atoms with Crippen molar-refractivity contribution in [3.05, 3.63) is 46.8 Å². The fourth-order valence-electron chi connectivity index (χ4n) is 1.90. The van der Waals surface area contributed by atoms with Crippen molar-refractivity contribution in [3.63, 3.8) is 0 Å². The maximum atomic E-state index is 12.3. The number of hydrogen-bond acceptors (Lipinski definition) is 4. The number of rotatable bonds is 6. The summed E-state index contributed by atoms with van der Waals surface area (Å²) in [6, 6.07) is 9.66. The SMILES string of the molecule is CCOc1ccc(C(C)N)cc1CS(=O)c1cccs1. The van der Waals surface area contributed by atoms with Crippen LogP contribution >= 0.6 is 11.3 Å². The highest BCUT2D eigenvalue weighted by atomic mass is 32.2. The van der Waals surface area contributed by atoms with Gasteiger partial charge in [-0.05, 0) is 43.0 Å². The maximum absolute atomic E-state index is 12.3. The van der Waals surface area contributed by atoms with Crippen LogP contribution < -0.4 is 10.5 Å². The minimum atomic E-state index is -1.04. The van der Waals surface area contributed by atoms with Crippen LogP contribution in [0.5, 0.6) is 5.75 Å². The Balaban J connectivity index is 2.27. The second kappa shape index (κ2) is 7.02. The average molecular weight is 309 g/mol. The molecule has 0 saturated carbocycles. The number of thiophene rings is 1. The second-order valence-electron chi connectivity index (χ2n) is 4.51. The van der Waals surface area contributed by atoms with Crippen LogP contribution in [-0.2, 0) is 16.6 Å². The first-order valence-corrected chi connectivity index (χ1v) is 8.74. The molecule has 20 heavy (non-hydrogen) atoms. The molecule has 3 nitrogen and oxygen atoms in total. The molecule has 0 radical (unpaired) electrons. The topological polar surface area (TPSA) is 52.3 Å². The highest BCUT2D eigenvalue weighted by Crippen LogP contribution is 2.26. The molecule has 2 N–H and O–H groups in total. The molecule has 0 spiro atoms. The van der Waals surface area contributed by atoms with Crippen molar-refractivity contribution in [1.29, 1.82) is 0 Å². The molecule has 1 aromatic carbocycles. The molecule has 2 atom stereocenters. The molecular formula is C15H19NO2S2. The zero-order chi connectivity index (χ0) is 14.5. The molecule has 0 aliphatic carbocycles. The third-order valence-corrected chi connectivity index (χ3v) is 5.58. The summed E-state index contributed by atoms with van der Waals surface area (Å²) < 4.78 is 18.9. The van der Waals surface area contributed by atoms with Crippen molar-refractivity contribution >= 4 is 22.1 Å². The van der Waals surface area contributed by atoms with Crippen LogP contribution in [0.25, 0.3) is 0 Å². The Morgan fingerprint density at radius 3 is 2.80 bits per heavy atom. The van der Waals surface area contributed by atoms with Crippen LogP contribution in [0.1, 0.15) is 31.0 Å². The van der Waals surface area contributed by atoms with E-state index in [0.717, 1.165) is 21.1 Å². The normalized spacial score (nSPS) is 13.9. The van der Waals surface area contributed by atoms with Crippen LogP contribution in [0.3, 0.4) is 0 Å². The lowest BCUT2D eigenvalue weighted by molar-refractivity contribution is 0.337. The van der Waals surface area contributed by atoms with Crippen molar-refractivity contribution in [2.45, 2.75) is 29.9 Å². The molecular weight excluding hydrogens is 290 g/mol. The number of hydrogen-bond donors (Lipinski definition) is 1. The third-order valence-electron chi connectivity index (χ3n) is 2.92. The molecule has 0 fully saturated rings. The summed E-state index contributed by atoms with van der Waals surface area (Å²) in [6.07, 6.45) is 0. The zero-order valence-corrected chi connectivity index (χ0v) is 13.3. The van der Waals surface area contributed by atoms with Crippen molar-refractivity contribution < 1.29 is 8.95 Å². The molecule has 108 valence electrons. The van der Waals surface area contributed by atoms with Gasteiger partial charge < -0.3 is 10.5 Å². The standard InChI is InChI=1S/C15H19NO2S2/c1-3-18-14-7-6-12(11(2)16)9-13(14)10-20(17)15-5-4-8-19-15/h4-9,11H,3,10,16H2,1-2H3. The Bertz CT molecular complexity index is 580. The number of nitrogens with two attached hydrogens (primary N) is 1. The summed E-state index contributed by atoms with van der Waals surface area (Å²) in [7, 11) is -1.04. The predicted octanol–water partition coefficient (Wildman–Crippen LogP) is 3.47. The van der Waals surface area contributed by atoms with E-state index in [1.165, 1.54) is 11.3 Å². The molecule has 0 bridgehead atoms. The highest BCUT2D eigenvalue weighted by molar-refractivity contribution is 7.86. The molecule has 2 aromatic rings. The van der Waals surface area contributed by atoms with Gasteiger partial charge in [0.1, 0.15) is 5.75 Å². The van der Waals surface area contributed by atoms with Gasteiger partial charge in [0.15, 0.2) is 0 Å². The predicted molar refractivity (Wildman–Crippen MR) is 84.6 cm³/mol.